The fourth-order valence-corrected chi connectivity index (χ4v) is 0.964. The molecule has 0 spiro atoms. The van der Waals surface area contributed by atoms with Crippen LogP contribution in [0.2, 0.25) is 0 Å². The molecule has 15 heavy (non-hydrogen) atoms. The molecule has 3 heteroatoms. The van der Waals surface area contributed by atoms with Crippen LogP contribution in [0, 0.1) is 0 Å². The quantitative estimate of drug-likeness (QED) is 0.829. The topological polar surface area (TPSA) is 34.1 Å². The zero-order valence-corrected chi connectivity index (χ0v) is 10.4. The maximum absolute atomic E-state index is 5.47. The van der Waals surface area contributed by atoms with E-state index in [1.807, 2.05) is 46.9 Å². The smallest absolute Gasteiger partial charge is 0.125 e. The van der Waals surface area contributed by atoms with Gasteiger partial charge in [0, 0.05) is 13.2 Å². The summed E-state index contributed by atoms with van der Waals surface area (Å²) in [7, 11) is 1.86. The van der Waals surface area contributed by atoms with E-state index in [1.165, 1.54) is 0 Å². The Bertz CT molecular complexity index is 262. The molecule has 1 aromatic rings. The maximum atomic E-state index is 5.47. The van der Waals surface area contributed by atoms with Crippen LogP contribution < -0.4 is 5.32 Å². The predicted molar refractivity (Wildman–Crippen MR) is 65.1 cm³/mol. The Morgan fingerprint density at radius 3 is 2.60 bits per heavy atom. The highest BCUT2D eigenvalue weighted by atomic mass is 16.5. The Hall–Kier alpha value is -1.09. The SMILES string of the molecule is CC.CNc1cc(COC(C)C)ccn1. The molecule has 86 valence electrons. The third kappa shape index (κ3) is 6.07. The molecular weight excluding hydrogens is 188 g/mol. The summed E-state index contributed by atoms with van der Waals surface area (Å²) < 4.78 is 5.47. The first-order valence-corrected chi connectivity index (χ1v) is 5.46. The van der Waals surface area contributed by atoms with E-state index in [9.17, 15) is 0 Å². The number of ether oxygens (including phenoxy) is 1. The second-order valence-electron chi connectivity index (χ2n) is 3.16. The molecule has 0 aliphatic heterocycles. The number of hydrogen-bond acceptors (Lipinski definition) is 3. The Labute approximate surface area is 92.9 Å². The molecule has 1 rings (SSSR count). The van der Waals surface area contributed by atoms with Crippen molar-refractivity contribution in [2.45, 2.75) is 40.4 Å². The molecule has 0 saturated carbocycles. The fraction of sp³-hybridized carbons (Fsp3) is 0.583. The number of pyridine rings is 1. The average Bonchev–Trinajstić information content (AvgIpc) is 2.29. The lowest BCUT2D eigenvalue weighted by molar-refractivity contribution is 0.0657. The van der Waals surface area contributed by atoms with Crippen molar-refractivity contribution in [1.29, 1.82) is 0 Å². The van der Waals surface area contributed by atoms with E-state index in [-0.39, 0.29) is 6.10 Å². The second kappa shape index (κ2) is 8.24. The van der Waals surface area contributed by atoms with E-state index in [0.717, 1.165) is 11.4 Å². The van der Waals surface area contributed by atoms with E-state index in [1.54, 1.807) is 6.20 Å². The molecule has 0 unspecified atom stereocenters. The van der Waals surface area contributed by atoms with Crippen LogP contribution in [0.5, 0.6) is 0 Å². The molecule has 3 nitrogen and oxygen atoms in total. The zero-order valence-electron chi connectivity index (χ0n) is 10.4. The third-order valence-corrected chi connectivity index (χ3v) is 1.66. The highest BCUT2D eigenvalue weighted by Crippen LogP contribution is 2.07. The van der Waals surface area contributed by atoms with E-state index < -0.39 is 0 Å². The van der Waals surface area contributed by atoms with Gasteiger partial charge in [-0.2, -0.15) is 0 Å². The predicted octanol–water partition coefficient (Wildman–Crippen LogP) is 3.07. The summed E-state index contributed by atoms with van der Waals surface area (Å²) in [6.07, 6.45) is 2.05. The first kappa shape index (κ1) is 13.9. The minimum Gasteiger partial charge on any atom is -0.374 e. The Morgan fingerprint density at radius 1 is 1.40 bits per heavy atom. The van der Waals surface area contributed by atoms with Gasteiger partial charge in [0.2, 0.25) is 0 Å². The number of hydrogen-bond donors (Lipinski definition) is 1. The largest absolute Gasteiger partial charge is 0.374 e. The van der Waals surface area contributed by atoms with Crippen LogP contribution in [-0.2, 0) is 11.3 Å². The van der Waals surface area contributed by atoms with Crippen LogP contribution in [-0.4, -0.2) is 18.1 Å². The van der Waals surface area contributed by atoms with Gasteiger partial charge in [0.15, 0.2) is 0 Å². The highest BCUT2D eigenvalue weighted by Gasteiger charge is 1.97. The molecule has 1 aromatic heterocycles. The molecule has 0 amide bonds. The van der Waals surface area contributed by atoms with Gasteiger partial charge >= 0.3 is 0 Å². The van der Waals surface area contributed by atoms with Crippen molar-refractivity contribution in [2.24, 2.45) is 0 Å². The molecule has 0 fully saturated rings. The van der Waals surface area contributed by atoms with E-state index in [4.69, 9.17) is 4.74 Å². The van der Waals surface area contributed by atoms with E-state index in [2.05, 4.69) is 10.3 Å². The van der Waals surface area contributed by atoms with Crippen LogP contribution >= 0.6 is 0 Å². The summed E-state index contributed by atoms with van der Waals surface area (Å²) >= 11 is 0. The van der Waals surface area contributed by atoms with Crippen LogP contribution in [0.4, 0.5) is 5.82 Å². The molecule has 0 aliphatic carbocycles. The summed E-state index contributed by atoms with van der Waals surface area (Å²) in [5.74, 6) is 0.879. The normalized spacial score (nSPS) is 9.47. The van der Waals surface area contributed by atoms with Gasteiger partial charge in [0.25, 0.3) is 0 Å². The lowest BCUT2D eigenvalue weighted by atomic mass is 10.3. The minimum absolute atomic E-state index is 0.270. The van der Waals surface area contributed by atoms with E-state index >= 15 is 0 Å². The van der Waals surface area contributed by atoms with Gasteiger partial charge in [-0.05, 0) is 31.5 Å². The van der Waals surface area contributed by atoms with Crippen molar-refractivity contribution in [3.05, 3.63) is 23.9 Å². The van der Waals surface area contributed by atoms with Crippen molar-refractivity contribution >= 4 is 5.82 Å². The molecular formula is C12H22N2O. The lowest BCUT2D eigenvalue weighted by Gasteiger charge is -2.08. The summed E-state index contributed by atoms with van der Waals surface area (Å²) in [5.41, 5.74) is 1.15. The summed E-state index contributed by atoms with van der Waals surface area (Å²) in [6.45, 7) is 8.70. The van der Waals surface area contributed by atoms with Gasteiger partial charge in [0.05, 0.1) is 12.7 Å². The molecule has 1 N–H and O–H groups in total. The zero-order chi connectivity index (χ0) is 11.7. The molecule has 1 heterocycles. The summed E-state index contributed by atoms with van der Waals surface area (Å²) in [6, 6.07) is 3.95. The molecule has 0 saturated heterocycles. The summed E-state index contributed by atoms with van der Waals surface area (Å²) in [5, 5.41) is 2.99. The summed E-state index contributed by atoms with van der Waals surface area (Å²) in [4.78, 5) is 4.12. The Kier molecular flexibility index (Phi) is 7.64. The van der Waals surface area contributed by atoms with Crippen molar-refractivity contribution < 1.29 is 4.74 Å². The van der Waals surface area contributed by atoms with Crippen LogP contribution in [0.15, 0.2) is 18.3 Å². The monoisotopic (exact) mass is 210 g/mol. The first-order valence-electron chi connectivity index (χ1n) is 5.46. The van der Waals surface area contributed by atoms with Crippen LogP contribution in [0.1, 0.15) is 33.3 Å². The van der Waals surface area contributed by atoms with E-state index in [0.29, 0.717) is 6.61 Å². The number of aromatic nitrogens is 1. The number of nitrogens with one attached hydrogen (secondary N) is 1. The minimum atomic E-state index is 0.270. The first-order chi connectivity index (χ1) is 7.22. The van der Waals surface area contributed by atoms with Crippen molar-refractivity contribution in [1.82, 2.24) is 4.98 Å². The van der Waals surface area contributed by atoms with Gasteiger partial charge in [-0.1, -0.05) is 13.8 Å². The lowest BCUT2D eigenvalue weighted by Crippen LogP contribution is -2.03. The number of anilines is 1. The van der Waals surface area contributed by atoms with Gasteiger partial charge in [-0.25, -0.2) is 4.98 Å². The van der Waals surface area contributed by atoms with Gasteiger partial charge in [-0.15, -0.1) is 0 Å². The van der Waals surface area contributed by atoms with Crippen molar-refractivity contribution in [3.8, 4) is 0 Å². The maximum Gasteiger partial charge on any atom is 0.125 e. The van der Waals surface area contributed by atoms with Crippen LogP contribution in [0.25, 0.3) is 0 Å². The number of nitrogens with zero attached hydrogens (tertiary/aromatic N) is 1. The Morgan fingerprint density at radius 2 is 2.07 bits per heavy atom. The molecule has 0 aromatic carbocycles. The molecule has 0 radical (unpaired) electrons. The molecule has 0 aliphatic rings. The number of rotatable bonds is 4. The van der Waals surface area contributed by atoms with Crippen molar-refractivity contribution in [3.63, 3.8) is 0 Å². The molecule has 0 bridgehead atoms. The van der Waals surface area contributed by atoms with Gasteiger partial charge in [-0.3, -0.25) is 0 Å². The third-order valence-electron chi connectivity index (χ3n) is 1.66. The van der Waals surface area contributed by atoms with Crippen molar-refractivity contribution in [2.75, 3.05) is 12.4 Å². The standard InChI is InChI=1S/C10H16N2O.C2H6/c1-8(2)13-7-9-4-5-12-10(6-9)11-3;1-2/h4-6,8H,7H2,1-3H3,(H,11,12);1-2H3. The Balaban J connectivity index is 0.000000921. The fourth-order valence-electron chi connectivity index (χ4n) is 0.964. The van der Waals surface area contributed by atoms with Gasteiger partial charge < -0.3 is 10.1 Å². The average molecular weight is 210 g/mol. The molecule has 0 atom stereocenters. The van der Waals surface area contributed by atoms with Crippen LogP contribution in [0.3, 0.4) is 0 Å². The second-order valence-corrected chi connectivity index (χ2v) is 3.16. The van der Waals surface area contributed by atoms with Gasteiger partial charge in [0.1, 0.15) is 5.82 Å². The highest BCUT2D eigenvalue weighted by molar-refractivity contribution is 5.36.